The molecule has 0 aliphatic heterocycles. The summed E-state index contributed by atoms with van der Waals surface area (Å²) in [6.45, 7) is 0. The van der Waals surface area contributed by atoms with Gasteiger partial charge in [-0.2, -0.15) is 0 Å². The molecule has 0 saturated carbocycles. The summed E-state index contributed by atoms with van der Waals surface area (Å²) in [4.78, 5) is 12.4. The Bertz CT molecular complexity index is 841. The van der Waals surface area contributed by atoms with Gasteiger partial charge in [0, 0.05) is 22.6 Å². The van der Waals surface area contributed by atoms with Crippen LogP contribution in [0.4, 0.5) is 11.6 Å². The van der Waals surface area contributed by atoms with Crippen molar-refractivity contribution in [1.29, 1.82) is 0 Å². The molecule has 0 bridgehead atoms. The Morgan fingerprint density at radius 3 is 2.35 bits per heavy atom. The summed E-state index contributed by atoms with van der Waals surface area (Å²) < 4.78 is 1.54. The fraction of sp³-hybridized carbons (Fsp3) is 0.0588. The van der Waals surface area contributed by atoms with E-state index in [1.165, 1.54) is 0 Å². The van der Waals surface area contributed by atoms with Crippen molar-refractivity contribution in [2.24, 2.45) is 0 Å². The molecule has 6 heteroatoms. The second-order valence-electron chi connectivity index (χ2n) is 5.10. The molecule has 1 heterocycles. The van der Waals surface area contributed by atoms with Gasteiger partial charge in [0.2, 0.25) is 0 Å². The zero-order chi connectivity index (χ0) is 16.4. The quantitative estimate of drug-likeness (QED) is 0.721. The number of para-hydroxylation sites is 1. The monoisotopic (exact) mass is 326 g/mol. The molecule has 1 aromatic heterocycles. The van der Waals surface area contributed by atoms with Gasteiger partial charge in [0.1, 0.15) is 5.82 Å². The average molecular weight is 327 g/mol. The third-order valence-electron chi connectivity index (χ3n) is 3.56. The Hall–Kier alpha value is -2.79. The molecular formula is C17H15ClN4O. The third kappa shape index (κ3) is 3.05. The van der Waals surface area contributed by atoms with Gasteiger partial charge in [-0.3, -0.25) is 4.79 Å². The van der Waals surface area contributed by atoms with E-state index in [-0.39, 0.29) is 18.0 Å². The number of carbonyl (C=O) groups is 1. The van der Waals surface area contributed by atoms with Gasteiger partial charge in [-0.1, -0.05) is 29.8 Å². The highest BCUT2D eigenvalue weighted by atomic mass is 35.5. The molecular weight excluding hydrogens is 312 g/mol. The molecule has 0 fully saturated rings. The SMILES string of the molecule is Nc1nn(-c2ccccc2)c(N)c1CC(=O)c1ccc(Cl)cc1. The summed E-state index contributed by atoms with van der Waals surface area (Å²) >= 11 is 5.83. The van der Waals surface area contributed by atoms with Crippen LogP contribution in [0.5, 0.6) is 0 Å². The first-order valence-electron chi connectivity index (χ1n) is 7.03. The maximum atomic E-state index is 12.4. The van der Waals surface area contributed by atoms with E-state index in [0.717, 1.165) is 5.69 Å². The lowest BCUT2D eigenvalue weighted by atomic mass is 10.0. The highest BCUT2D eigenvalue weighted by molar-refractivity contribution is 6.30. The average Bonchev–Trinajstić information content (AvgIpc) is 2.84. The van der Waals surface area contributed by atoms with E-state index in [4.69, 9.17) is 23.1 Å². The van der Waals surface area contributed by atoms with Gasteiger partial charge >= 0.3 is 0 Å². The summed E-state index contributed by atoms with van der Waals surface area (Å²) in [6.07, 6.45) is 0.0894. The van der Waals surface area contributed by atoms with Crippen LogP contribution >= 0.6 is 11.6 Å². The summed E-state index contributed by atoms with van der Waals surface area (Å²) in [5, 5.41) is 4.82. The number of hydrogen-bond donors (Lipinski definition) is 2. The van der Waals surface area contributed by atoms with Crippen LogP contribution in [0, 0.1) is 0 Å². The number of nitrogens with zero attached hydrogens (tertiary/aromatic N) is 2. The zero-order valence-electron chi connectivity index (χ0n) is 12.2. The normalized spacial score (nSPS) is 10.7. The number of benzene rings is 2. The molecule has 4 N–H and O–H groups in total. The Morgan fingerprint density at radius 1 is 1.04 bits per heavy atom. The molecule has 116 valence electrons. The summed E-state index contributed by atoms with van der Waals surface area (Å²) in [6, 6.07) is 16.1. The van der Waals surface area contributed by atoms with Gasteiger partial charge < -0.3 is 11.5 Å². The van der Waals surface area contributed by atoms with E-state index < -0.39 is 0 Å². The van der Waals surface area contributed by atoms with Crippen LogP contribution in [0.15, 0.2) is 54.6 Å². The summed E-state index contributed by atoms with van der Waals surface area (Å²) in [5.41, 5.74) is 14.0. The standard InChI is InChI=1S/C17H15ClN4O/c18-12-8-6-11(7-9-12)15(23)10-14-16(19)21-22(17(14)20)13-4-2-1-3-5-13/h1-9H,10,20H2,(H2,19,21). The molecule has 0 atom stereocenters. The van der Waals surface area contributed by atoms with Gasteiger partial charge in [-0.25, -0.2) is 4.68 Å². The van der Waals surface area contributed by atoms with Gasteiger partial charge in [0.25, 0.3) is 0 Å². The number of ketones is 1. The minimum atomic E-state index is -0.0901. The molecule has 0 radical (unpaired) electrons. The van der Waals surface area contributed by atoms with Gasteiger partial charge in [-0.05, 0) is 36.4 Å². The van der Waals surface area contributed by atoms with Crippen LogP contribution in [0.1, 0.15) is 15.9 Å². The second-order valence-corrected chi connectivity index (χ2v) is 5.54. The van der Waals surface area contributed by atoms with Crippen molar-refractivity contribution in [2.45, 2.75) is 6.42 Å². The highest BCUT2D eigenvalue weighted by Gasteiger charge is 2.18. The maximum absolute atomic E-state index is 12.4. The number of hydrogen-bond acceptors (Lipinski definition) is 4. The van der Waals surface area contributed by atoms with E-state index in [2.05, 4.69) is 5.10 Å². The van der Waals surface area contributed by atoms with E-state index >= 15 is 0 Å². The smallest absolute Gasteiger partial charge is 0.167 e. The maximum Gasteiger partial charge on any atom is 0.167 e. The van der Waals surface area contributed by atoms with Crippen LogP contribution in [-0.2, 0) is 6.42 Å². The molecule has 0 unspecified atom stereocenters. The van der Waals surface area contributed by atoms with Crippen molar-refractivity contribution in [3.05, 3.63) is 70.7 Å². The molecule has 0 aliphatic rings. The molecule has 23 heavy (non-hydrogen) atoms. The van der Waals surface area contributed by atoms with E-state index in [0.29, 0.717) is 22.0 Å². The lowest BCUT2D eigenvalue weighted by Gasteiger charge is -2.05. The number of nitrogen functional groups attached to an aromatic ring is 2. The fourth-order valence-corrected chi connectivity index (χ4v) is 2.45. The number of anilines is 2. The first kappa shape index (κ1) is 15.1. The van der Waals surface area contributed by atoms with Crippen LogP contribution in [0.3, 0.4) is 0 Å². The number of rotatable bonds is 4. The topological polar surface area (TPSA) is 86.9 Å². The zero-order valence-corrected chi connectivity index (χ0v) is 13.0. The van der Waals surface area contributed by atoms with Crippen LogP contribution < -0.4 is 11.5 Å². The Morgan fingerprint density at radius 2 is 1.70 bits per heavy atom. The highest BCUT2D eigenvalue weighted by Crippen LogP contribution is 2.24. The molecule has 0 amide bonds. The summed E-state index contributed by atoms with van der Waals surface area (Å²) in [7, 11) is 0. The Kier molecular flexibility index (Phi) is 4.04. The molecule has 3 rings (SSSR count). The lowest BCUT2D eigenvalue weighted by Crippen LogP contribution is -2.07. The van der Waals surface area contributed by atoms with Crippen molar-refractivity contribution < 1.29 is 4.79 Å². The Labute approximate surface area is 138 Å². The van der Waals surface area contributed by atoms with Crippen LogP contribution in [0.2, 0.25) is 5.02 Å². The Balaban J connectivity index is 1.90. The van der Waals surface area contributed by atoms with E-state index in [1.54, 1.807) is 28.9 Å². The molecule has 2 aromatic carbocycles. The first-order valence-corrected chi connectivity index (χ1v) is 7.41. The van der Waals surface area contributed by atoms with Crippen molar-refractivity contribution in [1.82, 2.24) is 9.78 Å². The minimum absolute atomic E-state index is 0.0894. The predicted molar refractivity (Wildman–Crippen MR) is 91.9 cm³/mol. The van der Waals surface area contributed by atoms with Crippen molar-refractivity contribution in [3.63, 3.8) is 0 Å². The molecule has 3 aromatic rings. The van der Waals surface area contributed by atoms with Crippen molar-refractivity contribution in [3.8, 4) is 5.69 Å². The largest absolute Gasteiger partial charge is 0.383 e. The molecule has 0 saturated heterocycles. The number of carbonyl (C=O) groups excluding carboxylic acids is 1. The van der Waals surface area contributed by atoms with Gasteiger partial charge in [0.15, 0.2) is 11.6 Å². The number of aromatic nitrogens is 2. The van der Waals surface area contributed by atoms with Crippen LogP contribution in [-0.4, -0.2) is 15.6 Å². The number of nitrogens with two attached hydrogens (primary N) is 2. The second kappa shape index (κ2) is 6.14. The minimum Gasteiger partial charge on any atom is -0.383 e. The predicted octanol–water partition coefficient (Wildman–Crippen LogP) is 3.12. The van der Waals surface area contributed by atoms with Gasteiger partial charge in [0.05, 0.1) is 5.69 Å². The summed E-state index contributed by atoms with van der Waals surface area (Å²) in [5.74, 6) is 0.539. The van der Waals surface area contributed by atoms with Crippen molar-refractivity contribution in [2.75, 3.05) is 11.5 Å². The van der Waals surface area contributed by atoms with Crippen LogP contribution in [0.25, 0.3) is 5.69 Å². The third-order valence-corrected chi connectivity index (χ3v) is 3.81. The lowest BCUT2D eigenvalue weighted by molar-refractivity contribution is 0.0993. The fourth-order valence-electron chi connectivity index (χ4n) is 2.33. The van der Waals surface area contributed by atoms with Crippen molar-refractivity contribution >= 4 is 29.0 Å². The molecule has 5 nitrogen and oxygen atoms in total. The first-order chi connectivity index (χ1) is 11.1. The number of halogens is 1. The van der Waals surface area contributed by atoms with Gasteiger partial charge in [-0.15, -0.1) is 5.10 Å². The molecule has 0 aliphatic carbocycles. The molecule has 0 spiro atoms. The van der Waals surface area contributed by atoms with E-state index in [9.17, 15) is 4.79 Å². The number of Topliss-reactive ketones (excluding diaryl/α,β-unsaturated/α-hetero) is 1. The van der Waals surface area contributed by atoms with E-state index in [1.807, 2.05) is 30.3 Å².